The highest BCUT2D eigenvalue weighted by molar-refractivity contribution is 6.01. The fraction of sp³-hybridized carbons (Fsp3) is 0.438. The van der Waals surface area contributed by atoms with Gasteiger partial charge in [0, 0.05) is 46.1 Å². The third-order valence-electron chi connectivity index (χ3n) is 4.24. The van der Waals surface area contributed by atoms with Crippen molar-refractivity contribution in [3.63, 3.8) is 0 Å². The average molecular weight is 255 g/mol. The summed E-state index contributed by atoms with van der Waals surface area (Å²) in [5.74, 6) is 0. The fourth-order valence-electron chi connectivity index (χ4n) is 3.14. The first kappa shape index (κ1) is 12.3. The lowest BCUT2D eigenvalue weighted by atomic mass is 10.00. The molecule has 3 heteroatoms. The van der Waals surface area contributed by atoms with E-state index in [9.17, 15) is 0 Å². The minimum atomic E-state index is 0.222. The van der Waals surface area contributed by atoms with E-state index < -0.39 is 0 Å². The van der Waals surface area contributed by atoms with E-state index in [0.717, 1.165) is 23.3 Å². The van der Waals surface area contributed by atoms with Crippen molar-refractivity contribution in [2.45, 2.75) is 39.2 Å². The Balaban J connectivity index is 2.24. The first-order valence-electron chi connectivity index (χ1n) is 6.91. The lowest BCUT2D eigenvalue weighted by Crippen LogP contribution is -2.38. The van der Waals surface area contributed by atoms with E-state index in [1.807, 2.05) is 19.2 Å². The van der Waals surface area contributed by atoms with Crippen molar-refractivity contribution in [2.75, 3.05) is 17.2 Å². The molecule has 2 N–H and O–H groups in total. The standard InChI is InChI=1S/C16H21N3/c1-11-9-12-13(10-18-11)14(17)5-6-15(12)19-8-4-7-16(19,2)3/h5-6,9-10H,4,7-8,17H2,1-3H3. The van der Waals surface area contributed by atoms with Crippen LogP contribution in [-0.2, 0) is 0 Å². The van der Waals surface area contributed by atoms with Crippen LogP contribution in [0.2, 0.25) is 0 Å². The lowest BCUT2D eigenvalue weighted by molar-refractivity contribution is 0.519. The van der Waals surface area contributed by atoms with Gasteiger partial charge in [0.1, 0.15) is 0 Å². The van der Waals surface area contributed by atoms with E-state index in [-0.39, 0.29) is 5.54 Å². The van der Waals surface area contributed by atoms with Gasteiger partial charge in [0.25, 0.3) is 0 Å². The molecule has 0 atom stereocenters. The van der Waals surface area contributed by atoms with Crippen molar-refractivity contribution in [2.24, 2.45) is 0 Å². The average Bonchev–Trinajstić information content (AvgIpc) is 2.69. The molecular weight excluding hydrogens is 234 g/mol. The number of hydrogen-bond acceptors (Lipinski definition) is 3. The van der Waals surface area contributed by atoms with Gasteiger partial charge in [-0.05, 0) is 51.8 Å². The highest BCUT2D eigenvalue weighted by Gasteiger charge is 2.32. The molecule has 0 saturated carbocycles. The summed E-state index contributed by atoms with van der Waals surface area (Å²) in [5.41, 5.74) is 9.44. The quantitative estimate of drug-likeness (QED) is 0.793. The third-order valence-corrected chi connectivity index (χ3v) is 4.24. The van der Waals surface area contributed by atoms with Crippen molar-refractivity contribution in [1.29, 1.82) is 0 Å². The predicted molar refractivity (Wildman–Crippen MR) is 81.6 cm³/mol. The molecule has 19 heavy (non-hydrogen) atoms. The van der Waals surface area contributed by atoms with Crippen molar-refractivity contribution in [3.05, 3.63) is 30.1 Å². The Morgan fingerprint density at radius 2 is 2.05 bits per heavy atom. The van der Waals surface area contributed by atoms with E-state index in [1.54, 1.807) is 0 Å². The molecule has 3 rings (SSSR count). The molecule has 0 bridgehead atoms. The van der Waals surface area contributed by atoms with Crippen LogP contribution in [0.15, 0.2) is 24.4 Å². The number of fused-ring (bicyclic) bond motifs is 1. The Hall–Kier alpha value is -1.77. The highest BCUT2D eigenvalue weighted by Crippen LogP contribution is 2.39. The number of nitrogen functional groups attached to an aromatic ring is 1. The number of nitrogens with two attached hydrogens (primary N) is 1. The van der Waals surface area contributed by atoms with Crippen LogP contribution in [0.4, 0.5) is 11.4 Å². The van der Waals surface area contributed by atoms with E-state index in [4.69, 9.17) is 5.73 Å². The van der Waals surface area contributed by atoms with Gasteiger partial charge >= 0.3 is 0 Å². The van der Waals surface area contributed by atoms with Gasteiger partial charge in [0.2, 0.25) is 0 Å². The second-order valence-corrected chi connectivity index (χ2v) is 6.11. The minimum absolute atomic E-state index is 0.222. The molecule has 0 aliphatic carbocycles. The fourth-order valence-corrected chi connectivity index (χ4v) is 3.14. The number of aryl methyl sites for hydroxylation is 1. The van der Waals surface area contributed by atoms with Gasteiger partial charge in [-0.15, -0.1) is 0 Å². The summed E-state index contributed by atoms with van der Waals surface area (Å²) in [6.07, 6.45) is 4.39. The van der Waals surface area contributed by atoms with E-state index in [1.165, 1.54) is 23.9 Å². The zero-order chi connectivity index (χ0) is 13.6. The molecule has 1 aromatic heterocycles. The summed E-state index contributed by atoms with van der Waals surface area (Å²) in [4.78, 5) is 6.88. The smallest absolute Gasteiger partial charge is 0.0453 e. The second kappa shape index (κ2) is 4.12. The molecule has 2 aromatic rings. The Kier molecular flexibility index (Phi) is 2.66. The number of anilines is 2. The maximum Gasteiger partial charge on any atom is 0.0453 e. The summed E-state index contributed by atoms with van der Waals surface area (Å²) in [5, 5.41) is 2.29. The van der Waals surface area contributed by atoms with E-state index >= 15 is 0 Å². The highest BCUT2D eigenvalue weighted by atomic mass is 15.2. The van der Waals surface area contributed by atoms with Gasteiger partial charge in [-0.3, -0.25) is 4.98 Å². The van der Waals surface area contributed by atoms with Crippen LogP contribution >= 0.6 is 0 Å². The Bertz CT molecular complexity index is 631. The van der Waals surface area contributed by atoms with Crippen LogP contribution < -0.4 is 10.6 Å². The van der Waals surface area contributed by atoms with Gasteiger partial charge in [-0.1, -0.05) is 0 Å². The first-order chi connectivity index (χ1) is 8.99. The number of rotatable bonds is 1. The van der Waals surface area contributed by atoms with Gasteiger partial charge < -0.3 is 10.6 Å². The summed E-state index contributed by atoms with van der Waals surface area (Å²) in [7, 11) is 0. The normalized spacial score (nSPS) is 18.2. The molecule has 2 heterocycles. The van der Waals surface area contributed by atoms with E-state index in [0.29, 0.717) is 0 Å². The Labute approximate surface area is 114 Å². The number of benzene rings is 1. The van der Waals surface area contributed by atoms with Crippen molar-refractivity contribution < 1.29 is 0 Å². The van der Waals surface area contributed by atoms with Crippen molar-refractivity contribution >= 4 is 22.1 Å². The summed E-state index contributed by atoms with van der Waals surface area (Å²) in [6.45, 7) is 7.78. The summed E-state index contributed by atoms with van der Waals surface area (Å²) < 4.78 is 0. The predicted octanol–water partition coefficient (Wildman–Crippen LogP) is 3.50. The number of hydrogen-bond donors (Lipinski definition) is 1. The Morgan fingerprint density at radius 3 is 2.74 bits per heavy atom. The molecule has 0 spiro atoms. The minimum Gasteiger partial charge on any atom is -0.398 e. The van der Waals surface area contributed by atoms with Crippen LogP contribution in [0.5, 0.6) is 0 Å². The molecule has 1 aliphatic heterocycles. The topological polar surface area (TPSA) is 42.1 Å². The third kappa shape index (κ3) is 1.93. The van der Waals surface area contributed by atoms with Gasteiger partial charge in [-0.25, -0.2) is 0 Å². The zero-order valence-corrected chi connectivity index (χ0v) is 11.9. The van der Waals surface area contributed by atoms with Gasteiger partial charge in [0.15, 0.2) is 0 Å². The van der Waals surface area contributed by atoms with Gasteiger partial charge in [-0.2, -0.15) is 0 Å². The molecule has 0 unspecified atom stereocenters. The molecule has 1 fully saturated rings. The Morgan fingerprint density at radius 1 is 1.26 bits per heavy atom. The van der Waals surface area contributed by atoms with E-state index in [2.05, 4.69) is 35.9 Å². The van der Waals surface area contributed by atoms with Crippen LogP contribution in [0.25, 0.3) is 10.8 Å². The molecule has 0 radical (unpaired) electrons. The number of nitrogens with zero attached hydrogens (tertiary/aromatic N) is 2. The van der Waals surface area contributed by atoms with Crippen LogP contribution in [-0.4, -0.2) is 17.1 Å². The molecule has 1 aromatic carbocycles. The molecule has 1 saturated heterocycles. The maximum absolute atomic E-state index is 6.08. The van der Waals surface area contributed by atoms with Crippen LogP contribution in [0.3, 0.4) is 0 Å². The van der Waals surface area contributed by atoms with Crippen molar-refractivity contribution in [3.8, 4) is 0 Å². The SMILES string of the molecule is Cc1cc2c(N3CCCC3(C)C)ccc(N)c2cn1. The lowest BCUT2D eigenvalue weighted by Gasteiger charge is -2.34. The number of pyridine rings is 1. The first-order valence-corrected chi connectivity index (χ1v) is 6.91. The van der Waals surface area contributed by atoms with Gasteiger partial charge in [0.05, 0.1) is 0 Å². The van der Waals surface area contributed by atoms with Crippen LogP contribution in [0, 0.1) is 6.92 Å². The second-order valence-electron chi connectivity index (χ2n) is 6.11. The monoisotopic (exact) mass is 255 g/mol. The van der Waals surface area contributed by atoms with Crippen molar-refractivity contribution in [1.82, 2.24) is 4.98 Å². The maximum atomic E-state index is 6.08. The molecule has 1 aliphatic rings. The van der Waals surface area contributed by atoms with Crippen LogP contribution in [0.1, 0.15) is 32.4 Å². The molecule has 3 nitrogen and oxygen atoms in total. The number of aromatic nitrogens is 1. The largest absolute Gasteiger partial charge is 0.398 e. The summed E-state index contributed by atoms with van der Waals surface area (Å²) in [6, 6.07) is 6.31. The molecule has 100 valence electrons. The molecular formula is C16H21N3. The summed E-state index contributed by atoms with van der Waals surface area (Å²) >= 11 is 0. The zero-order valence-electron chi connectivity index (χ0n) is 11.9. The molecule has 0 amide bonds.